The summed E-state index contributed by atoms with van der Waals surface area (Å²) in [6.45, 7) is 0.353. The Balaban J connectivity index is 2.48. The molecule has 6 heteroatoms. The van der Waals surface area contributed by atoms with Crippen molar-refractivity contribution in [1.82, 2.24) is 9.78 Å². The average Bonchev–Trinajstić information content (AvgIpc) is 2.64. The Bertz CT molecular complexity index is 516. The van der Waals surface area contributed by atoms with E-state index in [1.54, 1.807) is 0 Å². The van der Waals surface area contributed by atoms with Gasteiger partial charge in [-0.1, -0.05) is 0 Å². The summed E-state index contributed by atoms with van der Waals surface area (Å²) in [5.41, 5.74) is 5.70. The van der Waals surface area contributed by atoms with Gasteiger partial charge in [0.15, 0.2) is 11.6 Å². The summed E-state index contributed by atoms with van der Waals surface area (Å²) >= 11 is 3.17. The largest absolute Gasteiger partial charge is 0.330 e. The third kappa shape index (κ3) is 2.53. The van der Waals surface area contributed by atoms with E-state index in [4.69, 9.17) is 5.73 Å². The van der Waals surface area contributed by atoms with Crippen molar-refractivity contribution in [2.75, 3.05) is 6.54 Å². The van der Waals surface area contributed by atoms with Crippen LogP contribution in [0.2, 0.25) is 0 Å². The van der Waals surface area contributed by atoms with Crippen molar-refractivity contribution in [1.29, 1.82) is 0 Å². The van der Waals surface area contributed by atoms with Crippen molar-refractivity contribution < 1.29 is 8.78 Å². The normalized spacial score (nSPS) is 10.8. The van der Waals surface area contributed by atoms with Crippen LogP contribution in [0.3, 0.4) is 0 Å². The van der Waals surface area contributed by atoms with E-state index in [0.29, 0.717) is 23.0 Å². The van der Waals surface area contributed by atoms with E-state index in [2.05, 4.69) is 21.0 Å². The van der Waals surface area contributed by atoms with Crippen molar-refractivity contribution in [2.45, 2.75) is 6.42 Å². The van der Waals surface area contributed by atoms with Gasteiger partial charge in [-0.25, -0.2) is 13.5 Å². The second-order valence-electron chi connectivity index (χ2n) is 3.55. The molecule has 0 aliphatic carbocycles. The molecule has 0 saturated carbocycles. The third-order valence-corrected chi connectivity index (χ3v) is 2.70. The lowest BCUT2D eigenvalue weighted by molar-refractivity contribution is 0.557. The van der Waals surface area contributed by atoms with Gasteiger partial charge < -0.3 is 5.73 Å². The molecule has 0 fully saturated rings. The van der Waals surface area contributed by atoms with Gasteiger partial charge in [-0.3, -0.25) is 0 Å². The van der Waals surface area contributed by atoms with Crippen LogP contribution in [0.4, 0.5) is 8.78 Å². The van der Waals surface area contributed by atoms with Gasteiger partial charge in [0.1, 0.15) is 5.69 Å². The molecular formula is C11H10BrF2N3. The maximum Gasteiger partial charge on any atom is 0.152 e. The maximum atomic E-state index is 13.8. The molecular weight excluding hydrogens is 292 g/mol. The lowest BCUT2D eigenvalue weighted by Gasteiger charge is -2.07. The second-order valence-corrected chi connectivity index (χ2v) is 4.47. The Labute approximate surface area is 105 Å². The van der Waals surface area contributed by atoms with Crippen LogP contribution < -0.4 is 5.73 Å². The number of nitrogens with zero attached hydrogens (tertiary/aromatic N) is 2. The maximum absolute atomic E-state index is 13.8. The number of hydrogen-bond donors (Lipinski definition) is 1. The molecule has 1 aromatic carbocycles. The molecule has 2 N–H and O–H groups in total. The minimum Gasteiger partial charge on any atom is -0.330 e. The smallest absolute Gasteiger partial charge is 0.152 e. The summed E-state index contributed by atoms with van der Waals surface area (Å²) in [5.74, 6) is -1.30. The predicted octanol–water partition coefficient (Wildman–Crippen LogP) is 2.41. The first-order valence-corrected chi connectivity index (χ1v) is 5.79. The molecule has 0 saturated heterocycles. The highest BCUT2D eigenvalue weighted by Gasteiger charge is 2.13. The number of rotatable bonds is 3. The summed E-state index contributed by atoms with van der Waals surface area (Å²) in [6, 6.07) is 2.56. The molecule has 0 amide bonds. The van der Waals surface area contributed by atoms with Crippen molar-refractivity contribution >= 4 is 15.9 Å². The van der Waals surface area contributed by atoms with Crippen molar-refractivity contribution in [3.8, 4) is 5.69 Å². The summed E-state index contributed by atoms with van der Waals surface area (Å²) in [4.78, 5) is 0. The molecule has 1 heterocycles. The fourth-order valence-electron chi connectivity index (χ4n) is 1.57. The Kier molecular flexibility index (Phi) is 3.54. The number of hydrogen-bond acceptors (Lipinski definition) is 2. The molecule has 2 rings (SSSR count). The van der Waals surface area contributed by atoms with Crippen molar-refractivity contribution in [3.05, 3.63) is 46.2 Å². The van der Waals surface area contributed by atoms with Crippen LogP contribution in [-0.4, -0.2) is 16.3 Å². The standard InChI is InChI=1S/C11H10BrF2N3/c12-8-5-16-17(6-8)11-9(13)3-7(1-2-15)4-10(11)14/h3-6H,1-2,15H2. The van der Waals surface area contributed by atoms with Gasteiger partial charge in [0.25, 0.3) is 0 Å². The van der Waals surface area contributed by atoms with Crippen LogP contribution in [0.5, 0.6) is 0 Å². The molecule has 2 aromatic rings. The summed E-state index contributed by atoms with van der Waals surface area (Å²) in [6.07, 6.45) is 3.40. The molecule has 90 valence electrons. The Morgan fingerprint density at radius 1 is 1.29 bits per heavy atom. The first-order chi connectivity index (χ1) is 8.11. The Morgan fingerprint density at radius 3 is 2.41 bits per heavy atom. The van der Waals surface area contributed by atoms with Crippen molar-refractivity contribution in [2.24, 2.45) is 5.73 Å². The van der Waals surface area contributed by atoms with Crippen molar-refractivity contribution in [3.63, 3.8) is 0 Å². The fourth-order valence-corrected chi connectivity index (χ4v) is 1.86. The molecule has 0 aliphatic rings. The highest BCUT2D eigenvalue weighted by atomic mass is 79.9. The third-order valence-electron chi connectivity index (χ3n) is 2.29. The highest BCUT2D eigenvalue weighted by molar-refractivity contribution is 9.10. The minimum atomic E-state index is -0.649. The molecule has 17 heavy (non-hydrogen) atoms. The first-order valence-electron chi connectivity index (χ1n) is 5.00. The van der Waals surface area contributed by atoms with E-state index >= 15 is 0 Å². The quantitative estimate of drug-likeness (QED) is 0.946. The Morgan fingerprint density at radius 2 is 1.94 bits per heavy atom. The van der Waals surface area contributed by atoms with E-state index in [1.807, 2.05) is 0 Å². The van der Waals surface area contributed by atoms with Gasteiger partial charge in [-0.15, -0.1) is 0 Å². The van der Waals surface area contributed by atoms with Crippen LogP contribution in [0.25, 0.3) is 5.69 Å². The van der Waals surface area contributed by atoms with E-state index in [9.17, 15) is 8.78 Å². The SMILES string of the molecule is NCCc1cc(F)c(-n2cc(Br)cn2)c(F)c1. The molecule has 0 radical (unpaired) electrons. The fraction of sp³-hybridized carbons (Fsp3) is 0.182. The van der Waals surface area contributed by atoms with Crippen LogP contribution in [0.1, 0.15) is 5.56 Å². The lowest BCUT2D eigenvalue weighted by atomic mass is 10.1. The first kappa shape index (κ1) is 12.2. The van der Waals surface area contributed by atoms with Gasteiger partial charge in [0, 0.05) is 6.20 Å². The van der Waals surface area contributed by atoms with Gasteiger partial charge in [-0.2, -0.15) is 5.10 Å². The zero-order chi connectivity index (χ0) is 12.4. The summed E-state index contributed by atoms with van der Waals surface area (Å²) in [7, 11) is 0. The van der Waals surface area contributed by atoms with Crippen LogP contribution in [0, 0.1) is 11.6 Å². The predicted molar refractivity (Wildman–Crippen MR) is 63.9 cm³/mol. The van der Waals surface area contributed by atoms with E-state index < -0.39 is 11.6 Å². The van der Waals surface area contributed by atoms with Gasteiger partial charge in [0.2, 0.25) is 0 Å². The van der Waals surface area contributed by atoms with Gasteiger partial charge >= 0.3 is 0 Å². The molecule has 0 spiro atoms. The molecule has 3 nitrogen and oxygen atoms in total. The summed E-state index contributed by atoms with van der Waals surface area (Å²) in [5, 5.41) is 3.85. The molecule has 0 unspecified atom stereocenters. The van der Waals surface area contributed by atoms with Crippen LogP contribution in [-0.2, 0) is 6.42 Å². The van der Waals surface area contributed by atoms with E-state index in [1.165, 1.54) is 24.5 Å². The van der Waals surface area contributed by atoms with Crippen LogP contribution in [0.15, 0.2) is 29.0 Å². The second kappa shape index (κ2) is 4.93. The van der Waals surface area contributed by atoms with E-state index in [-0.39, 0.29) is 5.69 Å². The van der Waals surface area contributed by atoms with Gasteiger partial charge in [0.05, 0.1) is 10.7 Å². The number of halogens is 3. The molecule has 0 bridgehead atoms. The molecule has 0 atom stereocenters. The average molecular weight is 302 g/mol. The lowest BCUT2D eigenvalue weighted by Crippen LogP contribution is -2.07. The topological polar surface area (TPSA) is 43.8 Å². The van der Waals surface area contributed by atoms with Gasteiger partial charge in [-0.05, 0) is 46.6 Å². The summed E-state index contributed by atoms with van der Waals surface area (Å²) < 4.78 is 29.4. The zero-order valence-electron chi connectivity index (χ0n) is 8.83. The zero-order valence-corrected chi connectivity index (χ0v) is 10.4. The molecule has 1 aromatic heterocycles. The molecule has 0 aliphatic heterocycles. The minimum absolute atomic E-state index is 0.184. The number of aromatic nitrogens is 2. The number of benzene rings is 1. The Hall–Kier alpha value is -1.27. The monoisotopic (exact) mass is 301 g/mol. The van der Waals surface area contributed by atoms with Crippen LogP contribution >= 0.6 is 15.9 Å². The number of nitrogens with two attached hydrogens (primary N) is 1. The highest BCUT2D eigenvalue weighted by Crippen LogP contribution is 2.21. The van der Waals surface area contributed by atoms with E-state index in [0.717, 1.165) is 4.68 Å².